The first kappa shape index (κ1) is 18.1. The van der Waals surface area contributed by atoms with Gasteiger partial charge in [-0.05, 0) is 40.9 Å². The molecule has 0 atom stereocenters. The lowest BCUT2D eigenvalue weighted by Crippen LogP contribution is -2.10. The zero-order valence-electron chi connectivity index (χ0n) is 15.1. The van der Waals surface area contributed by atoms with Crippen LogP contribution in [0.15, 0.2) is 59.7 Å². The maximum atomic E-state index is 5.84. The van der Waals surface area contributed by atoms with E-state index in [2.05, 4.69) is 48.2 Å². The van der Waals surface area contributed by atoms with E-state index in [1.807, 2.05) is 42.5 Å². The van der Waals surface area contributed by atoms with Crippen LogP contribution in [-0.4, -0.2) is 21.1 Å². The summed E-state index contributed by atoms with van der Waals surface area (Å²) < 4.78 is 7.85. The summed E-state index contributed by atoms with van der Waals surface area (Å²) >= 11 is 5.25. The van der Waals surface area contributed by atoms with E-state index in [9.17, 15) is 0 Å². The summed E-state index contributed by atoms with van der Waals surface area (Å²) in [5, 5.41) is 11.4. The Labute approximate surface area is 158 Å². The molecule has 0 fully saturated rings. The van der Waals surface area contributed by atoms with Gasteiger partial charge in [-0.25, -0.2) is 5.10 Å². The Kier molecular flexibility index (Phi) is 5.32. The molecule has 1 heterocycles. The molecule has 0 radical (unpaired) electrons. The van der Waals surface area contributed by atoms with E-state index in [0.29, 0.717) is 10.6 Å². The number of aromatic nitrogens is 3. The monoisotopic (exact) mass is 366 g/mol. The number of nitrogens with zero attached hydrogens (tertiary/aromatic N) is 3. The van der Waals surface area contributed by atoms with Gasteiger partial charge in [-0.3, -0.25) is 0 Å². The molecule has 0 aliphatic rings. The Bertz CT molecular complexity index is 934. The molecule has 3 rings (SSSR count). The Balaban J connectivity index is 1.71. The van der Waals surface area contributed by atoms with E-state index in [-0.39, 0.29) is 12.0 Å². The van der Waals surface area contributed by atoms with Crippen molar-refractivity contribution in [3.8, 4) is 5.75 Å². The molecular weight excluding hydrogens is 344 g/mol. The molecule has 2 aromatic carbocycles. The molecule has 0 saturated heterocycles. The normalized spacial score (nSPS) is 11.8. The molecule has 0 bridgehead atoms. The van der Waals surface area contributed by atoms with E-state index in [0.717, 1.165) is 11.3 Å². The zero-order chi connectivity index (χ0) is 18.6. The molecule has 1 aromatic heterocycles. The molecule has 0 amide bonds. The van der Waals surface area contributed by atoms with Gasteiger partial charge in [0.1, 0.15) is 12.4 Å². The third-order valence-corrected chi connectivity index (χ3v) is 4.19. The van der Waals surface area contributed by atoms with Gasteiger partial charge in [-0.2, -0.15) is 14.9 Å². The summed E-state index contributed by atoms with van der Waals surface area (Å²) in [5.74, 6) is 1.40. The minimum absolute atomic E-state index is 0.118. The van der Waals surface area contributed by atoms with Crippen LogP contribution < -0.4 is 4.74 Å². The van der Waals surface area contributed by atoms with Crippen LogP contribution in [0.25, 0.3) is 0 Å². The molecule has 0 aliphatic carbocycles. The molecule has 0 saturated carbocycles. The Morgan fingerprint density at radius 2 is 1.81 bits per heavy atom. The van der Waals surface area contributed by atoms with Crippen LogP contribution in [0.2, 0.25) is 0 Å². The van der Waals surface area contributed by atoms with Crippen LogP contribution in [0.5, 0.6) is 5.75 Å². The number of H-pyrrole nitrogens is 1. The summed E-state index contributed by atoms with van der Waals surface area (Å²) in [6.45, 7) is 6.83. The molecule has 26 heavy (non-hydrogen) atoms. The van der Waals surface area contributed by atoms with Crippen LogP contribution >= 0.6 is 12.2 Å². The molecule has 3 aromatic rings. The second-order valence-electron chi connectivity index (χ2n) is 6.98. The van der Waals surface area contributed by atoms with Gasteiger partial charge in [-0.15, -0.1) is 0 Å². The van der Waals surface area contributed by atoms with E-state index in [1.165, 1.54) is 5.56 Å². The fraction of sp³-hybridized carbons (Fsp3) is 0.250. The standard InChI is InChI=1S/C20H22N4OS/c1-20(2,3)16-9-11-17(12-10-16)25-14-18-22-23-19(26)24(18)21-13-15-7-5-4-6-8-15/h4-13H,14H2,1-3H3,(H,23,26)/b21-13-. The molecule has 0 aliphatic heterocycles. The topological polar surface area (TPSA) is 55.2 Å². The average Bonchev–Trinajstić information content (AvgIpc) is 2.98. The molecule has 0 unspecified atom stereocenters. The summed E-state index contributed by atoms with van der Waals surface area (Å²) in [4.78, 5) is 0. The predicted molar refractivity (Wildman–Crippen MR) is 106 cm³/mol. The van der Waals surface area contributed by atoms with Crippen molar-refractivity contribution in [2.24, 2.45) is 5.10 Å². The fourth-order valence-corrected chi connectivity index (χ4v) is 2.60. The lowest BCUT2D eigenvalue weighted by Gasteiger charge is -2.19. The second-order valence-corrected chi connectivity index (χ2v) is 7.36. The summed E-state index contributed by atoms with van der Waals surface area (Å²) in [7, 11) is 0. The van der Waals surface area contributed by atoms with Crippen molar-refractivity contribution in [2.75, 3.05) is 0 Å². The van der Waals surface area contributed by atoms with E-state index in [1.54, 1.807) is 10.9 Å². The van der Waals surface area contributed by atoms with Crippen LogP contribution in [0.4, 0.5) is 0 Å². The van der Waals surface area contributed by atoms with Gasteiger partial charge in [0, 0.05) is 0 Å². The Morgan fingerprint density at radius 3 is 2.46 bits per heavy atom. The number of aromatic amines is 1. The highest BCUT2D eigenvalue weighted by Gasteiger charge is 2.13. The lowest BCUT2D eigenvalue weighted by atomic mass is 9.87. The van der Waals surface area contributed by atoms with Crippen molar-refractivity contribution in [2.45, 2.75) is 32.8 Å². The summed E-state index contributed by atoms with van der Waals surface area (Å²) in [6, 6.07) is 17.9. The molecule has 6 heteroatoms. The smallest absolute Gasteiger partial charge is 0.216 e. The van der Waals surface area contributed by atoms with Gasteiger partial charge >= 0.3 is 0 Å². The maximum absolute atomic E-state index is 5.84. The highest BCUT2D eigenvalue weighted by atomic mass is 32.1. The van der Waals surface area contributed by atoms with Crippen LogP contribution in [0.3, 0.4) is 0 Å². The van der Waals surface area contributed by atoms with Gasteiger partial charge in [0.05, 0.1) is 6.21 Å². The first-order chi connectivity index (χ1) is 12.4. The van der Waals surface area contributed by atoms with E-state index >= 15 is 0 Å². The Hall–Kier alpha value is -2.73. The van der Waals surface area contributed by atoms with Gasteiger partial charge in [0.25, 0.3) is 0 Å². The largest absolute Gasteiger partial charge is 0.486 e. The Morgan fingerprint density at radius 1 is 1.12 bits per heavy atom. The highest BCUT2D eigenvalue weighted by molar-refractivity contribution is 7.71. The first-order valence-corrected chi connectivity index (χ1v) is 8.83. The average molecular weight is 366 g/mol. The van der Waals surface area contributed by atoms with Crippen molar-refractivity contribution < 1.29 is 4.74 Å². The number of hydrogen-bond acceptors (Lipinski definition) is 4. The van der Waals surface area contributed by atoms with Crippen LogP contribution in [0.1, 0.15) is 37.7 Å². The van der Waals surface area contributed by atoms with Crippen molar-refractivity contribution in [1.82, 2.24) is 14.9 Å². The third-order valence-electron chi connectivity index (χ3n) is 3.93. The number of hydrogen-bond donors (Lipinski definition) is 1. The van der Waals surface area contributed by atoms with Crippen LogP contribution in [0, 0.1) is 4.77 Å². The molecular formula is C20H22N4OS. The van der Waals surface area contributed by atoms with Crippen molar-refractivity contribution >= 4 is 18.4 Å². The van der Waals surface area contributed by atoms with Crippen molar-refractivity contribution in [3.63, 3.8) is 0 Å². The van der Waals surface area contributed by atoms with E-state index < -0.39 is 0 Å². The van der Waals surface area contributed by atoms with E-state index in [4.69, 9.17) is 17.0 Å². The number of ether oxygens (including phenoxy) is 1. The quantitative estimate of drug-likeness (QED) is 0.526. The fourth-order valence-electron chi connectivity index (χ4n) is 2.40. The maximum Gasteiger partial charge on any atom is 0.216 e. The summed E-state index contributed by atoms with van der Waals surface area (Å²) in [5.41, 5.74) is 2.37. The highest BCUT2D eigenvalue weighted by Crippen LogP contribution is 2.24. The van der Waals surface area contributed by atoms with Gasteiger partial charge in [0.15, 0.2) is 5.82 Å². The van der Waals surface area contributed by atoms with Crippen LogP contribution in [-0.2, 0) is 12.0 Å². The SMILES string of the molecule is CC(C)(C)c1ccc(OCc2n[nH]c(=S)n2/N=C\c2ccccc2)cc1. The molecule has 5 nitrogen and oxygen atoms in total. The minimum Gasteiger partial charge on any atom is -0.486 e. The van der Waals surface area contributed by atoms with Gasteiger partial charge in [0.2, 0.25) is 4.77 Å². The minimum atomic E-state index is 0.118. The number of nitrogens with one attached hydrogen (secondary N) is 1. The van der Waals surface area contributed by atoms with Crippen molar-refractivity contribution in [1.29, 1.82) is 0 Å². The zero-order valence-corrected chi connectivity index (χ0v) is 16.0. The van der Waals surface area contributed by atoms with Gasteiger partial charge < -0.3 is 4.74 Å². The number of rotatable bonds is 5. The van der Waals surface area contributed by atoms with Crippen molar-refractivity contribution in [3.05, 3.63) is 76.3 Å². The lowest BCUT2D eigenvalue weighted by molar-refractivity contribution is 0.290. The first-order valence-electron chi connectivity index (χ1n) is 8.42. The predicted octanol–water partition coefficient (Wildman–Crippen LogP) is 4.70. The second kappa shape index (κ2) is 7.66. The molecule has 1 N–H and O–H groups in total. The molecule has 134 valence electrons. The van der Waals surface area contributed by atoms with Gasteiger partial charge in [-0.1, -0.05) is 63.2 Å². The third kappa shape index (κ3) is 4.46. The molecule has 0 spiro atoms. The summed E-state index contributed by atoms with van der Waals surface area (Å²) in [6.07, 6.45) is 1.74. The number of benzene rings is 2.